The van der Waals surface area contributed by atoms with Crippen LogP contribution < -0.4 is 10.0 Å². The van der Waals surface area contributed by atoms with Crippen LogP contribution in [0.25, 0.3) is 0 Å². The third kappa shape index (κ3) is 3.31. The van der Waals surface area contributed by atoms with E-state index in [-0.39, 0.29) is 6.04 Å². The number of benzene rings is 1. The van der Waals surface area contributed by atoms with Crippen molar-refractivity contribution in [3.8, 4) is 0 Å². The molecule has 1 aromatic rings. The molecule has 2 unspecified atom stereocenters. The molecule has 1 heterocycles. The van der Waals surface area contributed by atoms with Crippen LogP contribution in [0.1, 0.15) is 19.8 Å². The number of nitrogens with zero attached hydrogens (tertiary/aromatic N) is 1. The predicted molar refractivity (Wildman–Crippen MR) is 81.4 cm³/mol. The van der Waals surface area contributed by atoms with Gasteiger partial charge in [-0.05, 0) is 45.5 Å². The van der Waals surface area contributed by atoms with Gasteiger partial charge in [-0.3, -0.25) is 0 Å². The van der Waals surface area contributed by atoms with Crippen LogP contribution in [0.15, 0.2) is 29.2 Å². The molecule has 2 rings (SSSR count). The lowest BCUT2D eigenvalue weighted by atomic mass is 10.0. The lowest BCUT2D eigenvalue weighted by Gasteiger charge is -2.35. The Morgan fingerprint density at radius 2 is 2.00 bits per heavy atom. The Kier molecular flexibility index (Phi) is 4.67. The van der Waals surface area contributed by atoms with Crippen molar-refractivity contribution in [1.29, 1.82) is 0 Å². The molecule has 0 aromatic heterocycles. The second kappa shape index (κ2) is 6.11. The summed E-state index contributed by atoms with van der Waals surface area (Å²) in [6.07, 6.45) is 1.69. The molecule has 0 spiro atoms. The Morgan fingerprint density at radius 1 is 1.30 bits per heavy atom. The molecule has 0 aliphatic carbocycles. The van der Waals surface area contributed by atoms with Crippen molar-refractivity contribution in [2.24, 2.45) is 0 Å². The number of likely N-dealkylation sites (tertiary alicyclic amines) is 1. The minimum absolute atomic E-state index is 0.0103. The summed E-state index contributed by atoms with van der Waals surface area (Å²) in [6.45, 7) is 3.05. The number of hydrogen-bond acceptors (Lipinski definition) is 4. The van der Waals surface area contributed by atoms with Crippen LogP contribution in [-0.4, -0.2) is 46.0 Å². The summed E-state index contributed by atoms with van der Waals surface area (Å²) in [5.74, 6) is 0. The molecule has 5 nitrogen and oxygen atoms in total. The molecule has 1 saturated heterocycles. The number of para-hydroxylation sites is 1. The first kappa shape index (κ1) is 15.3. The van der Waals surface area contributed by atoms with E-state index < -0.39 is 10.0 Å². The number of hydrogen-bond donors (Lipinski definition) is 2. The SMILES string of the molecule is CNc1ccccc1S(=O)(=O)NC1CCN(C)C(C)C1. The molecule has 1 fully saturated rings. The van der Waals surface area contributed by atoms with Gasteiger partial charge in [0.05, 0.1) is 5.69 Å². The Bertz CT molecular complexity index is 559. The molecule has 2 atom stereocenters. The monoisotopic (exact) mass is 297 g/mol. The van der Waals surface area contributed by atoms with Gasteiger partial charge in [0.25, 0.3) is 0 Å². The molecule has 112 valence electrons. The van der Waals surface area contributed by atoms with Crippen LogP contribution in [0.2, 0.25) is 0 Å². The highest BCUT2D eigenvalue weighted by molar-refractivity contribution is 7.89. The van der Waals surface area contributed by atoms with E-state index in [2.05, 4.69) is 28.9 Å². The van der Waals surface area contributed by atoms with E-state index in [0.717, 1.165) is 19.4 Å². The average Bonchev–Trinajstić information content (AvgIpc) is 2.42. The fraction of sp³-hybridized carbons (Fsp3) is 0.571. The van der Waals surface area contributed by atoms with E-state index >= 15 is 0 Å². The zero-order chi connectivity index (χ0) is 14.8. The van der Waals surface area contributed by atoms with Gasteiger partial charge in [0.1, 0.15) is 4.90 Å². The average molecular weight is 297 g/mol. The normalized spacial score (nSPS) is 24.6. The molecule has 1 aliphatic rings. The molecule has 0 saturated carbocycles. The van der Waals surface area contributed by atoms with Gasteiger partial charge in [-0.15, -0.1) is 0 Å². The van der Waals surface area contributed by atoms with Gasteiger partial charge >= 0.3 is 0 Å². The first-order valence-electron chi connectivity index (χ1n) is 6.93. The van der Waals surface area contributed by atoms with Crippen molar-refractivity contribution in [2.75, 3.05) is 26.0 Å². The summed E-state index contributed by atoms with van der Waals surface area (Å²) >= 11 is 0. The minimum Gasteiger partial charge on any atom is -0.387 e. The maximum atomic E-state index is 12.5. The summed E-state index contributed by atoms with van der Waals surface area (Å²) in [4.78, 5) is 2.57. The molecule has 1 aliphatic heterocycles. The highest BCUT2D eigenvalue weighted by Gasteiger charge is 2.27. The quantitative estimate of drug-likeness (QED) is 0.884. The molecule has 1 aromatic carbocycles. The smallest absolute Gasteiger partial charge is 0.242 e. The first-order chi connectivity index (χ1) is 9.44. The van der Waals surface area contributed by atoms with Crippen LogP contribution in [0.5, 0.6) is 0 Å². The Labute approximate surface area is 121 Å². The lowest BCUT2D eigenvalue weighted by Crippen LogP contribution is -2.47. The first-order valence-corrected chi connectivity index (χ1v) is 8.41. The second-order valence-electron chi connectivity index (χ2n) is 5.42. The van der Waals surface area contributed by atoms with Crippen molar-refractivity contribution in [3.63, 3.8) is 0 Å². The van der Waals surface area contributed by atoms with Crippen molar-refractivity contribution in [1.82, 2.24) is 9.62 Å². The van der Waals surface area contributed by atoms with Gasteiger partial charge in [0, 0.05) is 19.1 Å². The Balaban J connectivity index is 2.15. The summed E-state index contributed by atoms with van der Waals surface area (Å²) in [7, 11) is 0.329. The molecule has 0 amide bonds. The zero-order valence-electron chi connectivity index (χ0n) is 12.3. The third-order valence-electron chi connectivity index (χ3n) is 3.98. The van der Waals surface area contributed by atoms with Gasteiger partial charge in [0.2, 0.25) is 10.0 Å². The fourth-order valence-corrected chi connectivity index (χ4v) is 4.08. The predicted octanol–water partition coefficient (Wildman–Crippen LogP) is 1.49. The number of piperidine rings is 1. The summed E-state index contributed by atoms with van der Waals surface area (Å²) < 4.78 is 27.8. The van der Waals surface area contributed by atoms with Gasteiger partial charge < -0.3 is 10.2 Å². The number of rotatable bonds is 4. The molecule has 6 heteroatoms. The van der Waals surface area contributed by atoms with E-state index in [4.69, 9.17) is 0 Å². The molecule has 0 radical (unpaired) electrons. The maximum absolute atomic E-state index is 12.5. The number of nitrogens with one attached hydrogen (secondary N) is 2. The van der Waals surface area contributed by atoms with Crippen molar-refractivity contribution in [2.45, 2.75) is 36.7 Å². The number of anilines is 1. The van der Waals surface area contributed by atoms with Crippen LogP contribution >= 0.6 is 0 Å². The van der Waals surface area contributed by atoms with Crippen LogP contribution in [0, 0.1) is 0 Å². The van der Waals surface area contributed by atoms with Crippen molar-refractivity contribution in [3.05, 3.63) is 24.3 Å². The van der Waals surface area contributed by atoms with Gasteiger partial charge in [-0.2, -0.15) is 0 Å². The molecule has 20 heavy (non-hydrogen) atoms. The molecular formula is C14H23N3O2S. The highest BCUT2D eigenvalue weighted by Crippen LogP contribution is 2.22. The Morgan fingerprint density at radius 3 is 2.65 bits per heavy atom. The second-order valence-corrected chi connectivity index (χ2v) is 7.10. The van der Waals surface area contributed by atoms with E-state index in [1.807, 2.05) is 6.07 Å². The van der Waals surface area contributed by atoms with Crippen LogP contribution in [0.3, 0.4) is 0 Å². The largest absolute Gasteiger partial charge is 0.387 e. The summed E-state index contributed by atoms with van der Waals surface area (Å²) in [6, 6.07) is 7.38. The zero-order valence-corrected chi connectivity index (χ0v) is 13.1. The summed E-state index contributed by atoms with van der Waals surface area (Å²) in [5, 5.41) is 2.93. The minimum atomic E-state index is -3.47. The van der Waals surface area contributed by atoms with Gasteiger partial charge in [-0.1, -0.05) is 12.1 Å². The van der Waals surface area contributed by atoms with Gasteiger partial charge in [-0.25, -0.2) is 13.1 Å². The Hall–Kier alpha value is -1.11. The fourth-order valence-electron chi connectivity index (χ4n) is 2.59. The number of sulfonamides is 1. The van der Waals surface area contributed by atoms with E-state index in [0.29, 0.717) is 16.6 Å². The van der Waals surface area contributed by atoms with Crippen molar-refractivity contribution < 1.29 is 8.42 Å². The third-order valence-corrected chi connectivity index (χ3v) is 5.55. The lowest BCUT2D eigenvalue weighted by molar-refractivity contribution is 0.178. The van der Waals surface area contributed by atoms with E-state index in [1.165, 1.54) is 0 Å². The molecular weight excluding hydrogens is 274 g/mol. The van der Waals surface area contributed by atoms with E-state index in [9.17, 15) is 8.42 Å². The van der Waals surface area contributed by atoms with Crippen LogP contribution in [0.4, 0.5) is 5.69 Å². The topological polar surface area (TPSA) is 61.4 Å². The van der Waals surface area contributed by atoms with Crippen LogP contribution in [-0.2, 0) is 10.0 Å². The molecule has 0 bridgehead atoms. The van der Waals surface area contributed by atoms with Crippen molar-refractivity contribution >= 4 is 15.7 Å². The highest BCUT2D eigenvalue weighted by atomic mass is 32.2. The summed E-state index contributed by atoms with van der Waals surface area (Å²) in [5.41, 5.74) is 0.626. The van der Waals surface area contributed by atoms with Gasteiger partial charge in [0.15, 0.2) is 0 Å². The molecule has 2 N–H and O–H groups in total. The maximum Gasteiger partial charge on any atom is 0.242 e. The standard InChI is InChI=1S/C14H23N3O2S/c1-11-10-12(8-9-17(11)3)16-20(18,19)14-7-5-4-6-13(14)15-2/h4-7,11-12,15-16H,8-10H2,1-3H3. The van der Waals surface area contributed by atoms with E-state index in [1.54, 1.807) is 25.2 Å².